The number of nitrogens with one attached hydrogen (secondary N) is 1. The number of pyridine rings is 1. The molecule has 0 saturated heterocycles. The van der Waals surface area contributed by atoms with Crippen LogP contribution in [-0.2, 0) is 0 Å². The Morgan fingerprint density at radius 3 is 2.81 bits per heavy atom. The fraction of sp³-hybridized carbons (Fsp3) is 0. The fourth-order valence-electron chi connectivity index (χ4n) is 2.08. The molecule has 2 aromatic carbocycles. The zero-order chi connectivity index (χ0) is 14.8. The van der Waals surface area contributed by atoms with Gasteiger partial charge >= 0.3 is 0 Å². The third kappa shape index (κ3) is 2.78. The molecule has 0 aliphatic heterocycles. The summed E-state index contributed by atoms with van der Waals surface area (Å²) in [4.78, 5) is 14.6. The molecule has 0 radical (unpaired) electrons. The van der Waals surface area contributed by atoms with Crippen molar-refractivity contribution in [2.24, 2.45) is 0 Å². The molecule has 0 unspecified atom stereocenters. The van der Waals surface area contributed by atoms with Crippen LogP contribution in [0.5, 0.6) is 0 Å². The maximum absolute atomic E-state index is 10.8. The van der Waals surface area contributed by atoms with Crippen LogP contribution in [0.3, 0.4) is 0 Å². The molecule has 0 aliphatic rings. The summed E-state index contributed by atoms with van der Waals surface area (Å²) in [5.41, 5.74) is 2.27. The van der Waals surface area contributed by atoms with Crippen molar-refractivity contribution in [3.8, 4) is 0 Å². The number of fused-ring (bicyclic) bond motifs is 1. The van der Waals surface area contributed by atoms with E-state index < -0.39 is 4.92 Å². The van der Waals surface area contributed by atoms with Crippen LogP contribution in [-0.4, -0.2) is 9.91 Å². The summed E-state index contributed by atoms with van der Waals surface area (Å²) in [7, 11) is 0. The molecular weight excluding hydrogens is 290 g/mol. The standard InChI is InChI=1S/C15H10ClN3O2/c16-10-4-5-13-14(6-7-17-15(13)8-10)18-11-2-1-3-12(9-11)19(20)21/h1-9H,(H,17,18). The molecule has 104 valence electrons. The van der Waals surface area contributed by atoms with Crippen molar-refractivity contribution in [3.05, 3.63) is 69.9 Å². The summed E-state index contributed by atoms with van der Waals surface area (Å²) in [6, 6.07) is 13.6. The summed E-state index contributed by atoms with van der Waals surface area (Å²) in [6.07, 6.45) is 1.67. The lowest BCUT2D eigenvalue weighted by molar-refractivity contribution is -0.384. The minimum atomic E-state index is -0.421. The number of hydrogen-bond acceptors (Lipinski definition) is 4. The highest BCUT2D eigenvalue weighted by molar-refractivity contribution is 6.31. The van der Waals surface area contributed by atoms with Gasteiger partial charge in [0.05, 0.1) is 10.4 Å². The average molecular weight is 300 g/mol. The number of aromatic nitrogens is 1. The lowest BCUT2D eigenvalue weighted by atomic mass is 10.2. The van der Waals surface area contributed by atoms with Crippen LogP contribution in [0.15, 0.2) is 54.7 Å². The van der Waals surface area contributed by atoms with Gasteiger partial charge in [0, 0.05) is 40.1 Å². The second-order valence-electron chi connectivity index (χ2n) is 4.45. The maximum atomic E-state index is 10.8. The molecule has 1 heterocycles. The van der Waals surface area contributed by atoms with Crippen LogP contribution >= 0.6 is 11.6 Å². The molecule has 0 fully saturated rings. The van der Waals surface area contributed by atoms with Gasteiger partial charge in [0.25, 0.3) is 5.69 Å². The maximum Gasteiger partial charge on any atom is 0.271 e. The number of halogens is 1. The van der Waals surface area contributed by atoms with Crippen molar-refractivity contribution >= 4 is 39.6 Å². The van der Waals surface area contributed by atoms with E-state index in [9.17, 15) is 10.1 Å². The zero-order valence-electron chi connectivity index (χ0n) is 10.8. The highest BCUT2D eigenvalue weighted by Crippen LogP contribution is 2.28. The van der Waals surface area contributed by atoms with E-state index in [0.717, 1.165) is 16.6 Å². The van der Waals surface area contributed by atoms with Gasteiger partial charge < -0.3 is 5.32 Å². The molecule has 0 bridgehead atoms. The fourth-order valence-corrected chi connectivity index (χ4v) is 2.25. The van der Waals surface area contributed by atoms with E-state index >= 15 is 0 Å². The number of non-ortho nitro benzene ring substituents is 1. The second kappa shape index (κ2) is 5.38. The SMILES string of the molecule is O=[N+]([O-])c1cccc(Nc2ccnc3cc(Cl)ccc23)c1. The molecule has 0 aliphatic carbocycles. The first-order valence-electron chi connectivity index (χ1n) is 6.19. The molecule has 5 nitrogen and oxygen atoms in total. The van der Waals surface area contributed by atoms with Gasteiger partial charge in [-0.15, -0.1) is 0 Å². The highest BCUT2D eigenvalue weighted by Gasteiger charge is 2.07. The van der Waals surface area contributed by atoms with Gasteiger partial charge in [-0.25, -0.2) is 0 Å². The molecule has 0 atom stereocenters. The van der Waals surface area contributed by atoms with Crippen LogP contribution in [0, 0.1) is 10.1 Å². The molecular formula is C15H10ClN3O2. The Hall–Kier alpha value is -2.66. The van der Waals surface area contributed by atoms with Gasteiger partial charge in [-0.05, 0) is 30.3 Å². The Bertz CT molecular complexity index is 836. The topological polar surface area (TPSA) is 68.1 Å². The second-order valence-corrected chi connectivity index (χ2v) is 4.89. The van der Waals surface area contributed by atoms with Crippen molar-refractivity contribution in [1.82, 2.24) is 4.98 Å². The first-order chi connectivity index (χ1) is 10.1. The third-order valence-corrected chi connectivity index (χ3v) is 3.28. The predicted octanol–water partition coefficient (Wildman–Crippen LogP) is 4.54. The van der Waals surface area contributed by atoms with E-state index in [1.807, 2.05) is 12.1 Å². The monoisotopic (exact) mass is 299 g/mol. The summed E-state index contributed by atoms with van der Waals surface area (Å²) < 4.78 is 0. The van der Waals surface area contributed by atoms with Gasteiger partial charge in [-0.1, -0.05) is 17.7 Å². The van der Waals surface area contributed by atoms with Crippen molar-refractivity contribution in [2.75, 3.05) is 5.32 Å². The van der Waals surface area contributed by atoms with E-state index in [2.05, 4.69) is 10.3 Å². The minimum absolute atomic E-state index is 0.0430. The molecule has 1 N–H and O–H groups in total. The van der Waals surface area contributed by atoms with Gasteiger partial charge in [0.2, 0.25) is 0 Å². The van der Waals surface area contributed by atoms with Crippen molar-refractivity contribution in [1.29, 1.82) is 0 Å². The van der Waals surface area contributed by atoms with Crippen molar-refractivity contribution in [3.63, 3.8) is 0 Å². The minimum Gasteiger partial charge on any atom is -0.355 e. The number of rotatable bonds is 3. The van der Waals surface area contributed by atoms with Crippen LogP contribution in [0.2, 0.25) is 5.02 Å². The molecule has 0 saturated carbocycles. The molecule has 0 spiro atoms. The van der Waals surface area contributed by atoms with Gasteiger partial charge in [-0.2, -0.15) is 0 Å². The highest BCUT2D eigenvalue weighted by atomic mass is 35.5. The van der Waals surface area contributed by atoms with Gasteiger partial charge in [-0.3, -0.25) is 15.1 Å². The van der Waals surface area contributed by atoms with E-state index in [0.29, 0.717) is 10.7 Å². The Morgan fingerprint density at radius 1 is 1.14 bits per heavy atom. The predicted molar refractivity (Wildman–Crippen MR) is 83.1 cm³/mol. The quantitative estimate of drug-likeness (QED) is 0.569. The number of nitro benzene ring substituents is 1. The van der Waals surface area contributed by atoms with Crippen molar-refractivity contribution in [2.45, 2.75) is 0 Å². The number of nitro groups is 1. The summed E-state index contributed by atoms with van der Waals surface area (Å²) in [5, 5.41) is 15.5. The smallest absolute Gasteiger partial charge is 0.271 e. The molecule has 21 heavy (non-hydrogen) atoms. The van der Waals surface area contributed by atoms with Crippen LogP contribution in [0.25, 0.3) is 10.9 Å². The number of hydrogen-bond donors (Lipinski definition) is 1. The van der Waals surface area contributed by atoms with E-state index in [4.69, 9.17) is 11.6 Å². The van der Waals surface area contributed by atoms with Crippen LogP contribution < -0.4 is 5.32 Å². The Balaban J connectivity index is 2.02. The van der Waals surface area contributed by atoms with E-state index in [1.54, 1.807) is 30.5 Å². The summed E-state index contributed by atoms with van der Waals surface area (Å²) in [6.45, 7) is 0. The van der Waals surface area contributed by atoms with Crippen LogP contribution in [0.1, 0.15) is 0 Å². The van der Waals surface area contributed by atoms with E-state index in [-0.39, 0.29) is 5.69 Å². The van der Waals surface area contributed by atoms with Gasteiger partial charge in [0.1, 0.15) is 0 Å². The van der Waals surface area contributed by atoms with Gasteiger partial charge in [0.15, 0.2) is 0 Å². The first kappa shape index (κ1) is 13.3. The van der Waals surface area contributed by atoms with E-state index in [1.165, 1.54) is 12.1 Å². The number of benzene rings is 2. The summed E-state index contributed by atoms with van der Waals surface area (Å²) >= 11 is 5.95. The first-order valence-corrected chi connectivity index (χ1v) is 6.57. The largest absolute Gasteiger partial charge is 0.355 e. The zero-order valence-corrected chi connectivity index (χ0v) is 11.5. The molecule has 1 aromatic heterocycles. The molecule has 3 aromatic rings. The molecule has 3 rings (SSSR count). The normalized spacial score (nSPS) is 10.5. The Kier molecular flexibility index (Phi) is 3.41. The summed E-state index contributed by atoms with van der Waals surface area (Å²) in [5.74, 6) is 0. The lowest BCUT2D eigenvalue weighted by Crippen LogP contribution is -1.94. The molecule has 0 amide bonds. The Labute approximate surface area is 125 Å². The average Bonchev–Trinajstić information content (AvgIpc) is 2.47. The Morgan fingerprint density at radius 2 is 2.00 bits per heavy atom. The number of nitrogens with zero attached hydrogens (tertiary/aromatic N) is 2. The molecule has 6 heteroatoms. The van der Waals surface area contributed by atoms with Crippen LogP contribution in [0.4, 0.5) is 17.1 Å². The third-order valence-electron chi connectivity index (χ3n) is 3.04. The number of anilines is 2. The lowest BCUT2D eigenvalue weighted by Gasteiger charge is -2.09. The van der Waals surface area contributed by atoms with Crippen molar-refractivity contribution < 1.29 is 4.92 Å².